The Morgan fingerprint density at radius 2 is 2.20 bits per heavy atom. The Balaban J connectivity index is 2.61. The van der Waals surface area contributed by atoms with Crippen LogP contribution < -0.4 is 0 Å². The number of likely N-dealkylation sites (N-methyl/N-ethyl adjacent to an activating group) is 1. The number of carbonyl (C=O) groups is 1. The number of aliphatic carboxylic acids is 1. The third-order valence-electron chi connectivity index (χ3n) is 2.82. The van der Waals surface area contributed by atoms with Gasteiger partial charge < -0.3 is 19.3 Å². The molecule has 0 radical (unpaired) electrons. The number of nitrogens with zero attached hydrogens (tertiary/aromatic N) is 4. The van der Waals surface area contributed by atoms with Crippen LogP contribution in [-0.2, 0) is 22.5 Å². The summed E-state index contributed by atoms with van der Waals surface area (Å²) in [6.07, 6.45) is 0.780. The first kappa shape index (κ1) is 16.9. The molecular weight excluding hydrogens is 280 g/mol. The van der Waals surface area contributed by atoms with Crippen LogP contribution in [0, 0.1) is 0 Å². The molecule has 0 aromatic carbocycles. The van der Waals surface area contributed by atoms with E-state index < -0.39 is 5.97 Å². The zero-order valence-corrected chi connectivity index (χ0v) is 13.0. The molecule has 7 nitrogen and oxygen atoms in total. The highest BCUT2D eigenvalue weighted by Crippen LogP contribution is 2.17. The Morgan fingerprint density at radius 1 is 1.45 bits per heavy atom. The second-order valence-electron chi connectivity index (χ2n) is 4.38. The molecule has 0 bridgehead atoms. The van der Waals surface area contributed by atoms with Crippen LogP contribution in [0.2, 0.25) is 0 Å². The molecule has 0 aliphatic carbocycles. The van der Waals surface area contributed by atoms with E-state index in [9.17, 15) is 4.79 Å². The third-order valence-corrected chi connectivity index (χ3v) is 3.77. The van der Waals surface area contributed by atoms with E-state index in [2.05, 4.69) is 15.1 Å². The van der Waals surface area contributed by atoms with Gasteiger partial charge in [0.25, 0.3) is 0 Å². The fourth-order valence-electron chi connectivity index (χ4n) is 1.67. The first-order valence-electron chi connectivity index (χ1n) is 6.52. The lowest BCUT2D eigenvalue weighted by molar-refractivity contribution is -0.133. The molecule has 20 heavy (non-hydrogen) atoms. The standard InChI is InChI=1S/C12H22N4O3S/c1-4-10-13-14-12(20-9-11(17)18)16(10)6-5-15(2)7-8-19-3/h4-9H2,1-3H3,(H,17,18). The van der Waals surface area contributed by atoms with Crippen LogP contribution in [0.15, 0.2) is 5.16 Å². The van der Waals surface area contributed by atoms with Gasteiger partial charge >= 0.3 is 5.97 Å². The number of ether oxygens (including phenoxy) is 1. The molecule has 0 aliphatic heterocycles. The molecule has 0 unspecified atom stereocenters. The maximum absolute atomic E-state index is 10.6. The summed E-state index contributed by atoms with van der Waals surface area (Å²) in [5, 5.41) is 17.6. The second-order valence-corrected chi connectivity index (χ2v) is 5.32. The second kappa shape index (κ2) is 8.93. The van der Waals surface area contributed by atoms with E-state index in [4.69, 9.17) is 9.84 Å². The van der Waals surface area contributed by atoms with Crippen molar-refractivity contribution in [2.45, 2.75) is 25.0 Å². The van der Waals surface area contributed by atoms with Crippen molar-refractivity contribution in [2.75, 3.05) is 39.6 Å². The minimum absolute atomic E-state index is 0.00135. The van der Waals surface area contributed by atoms with Crippen LogP contribution in [0.25, 0.3) is 0 Å². The van der Waals surface area contributed by atoms with E-state index in [-0.39, 0.29) is 5.75 Å². The average molecular weight is 302 g/mol. The van der Waals surface area contributed by atoms with Crippen LogP contribution >= 0.6 is 11.8 Å². The summed E-state index contributed by atoms with van der Waals surface area (Å²) in [4.78, 5) is 12.8. The van der Waals surface area contributed by atoms with Gasteiger partial charge in [-0.05, 0) is 7.05 Å². The summed E-state index contributed by atoms with van der Waals surface area (Å²) in [7, 11) is 3.71. The lowest BCUT2D eigenvalue weighted by Crippen LogP contribution is -2.27. The molecule has 1 heterocycles. The van der Waals surface area contributed by atoms with Crippen molar-refractivity contribution in [1.29, 1.82) is 0 Å². The number of methoxy groups -OCH3 is 1. The van der Waals surface area contributed by atoms with Crippen molar-refractivity contribution in [3.8, 4) is 0 Å². The molecule has 0 atom stereocenters. The van der Waals surface area contributed by atoms with Gasteiger partial charge in [0.05, 0.1) is 12.4 Å². The molecule has 0 saturated heterocycles. The summed E-state index contributed by atoms with van der Waals surface area (Å²) in [5.41, 5.74) is 0. The molecular formula is C12H22N4O3S. The highest BCUT2D eigenvalue weighted by atomic mass is 32.2. The van der Waals surface area contributed by atoms with Crippen LogP contribution in [0.5, 0.6) is 0 Å². The van der Waals surface area contributed by atoms with Gasteiger partial charge in [-0.2, -0.15) is 0 Å². The first-order chi connectivity index (χ1) is 9.58. The largest absolute Gasteiger partial charge is 0.481 e. The highest BCUT2D eigenvalue weighted by molar-refractivity contribution is 7.99. The third kappa shape index (κ3) is 5.48. The van der Waals surface area contributed by atoms with E-state index in [1.54, 1.807) is 7.11 Å². The number of thioether (sulfide) groups is 1. The lowest BCUT2D eigenvalue weighted by atomic mass is 10.4. The van der Waals surface area contributed by atoms with Gasteiger partial charge in [-0.3, -0.25) is 4.79 Å². The van der Waals surface area contributed by atoms with Crippen molar-refractivity contribution < 1.29 is 14.6 Å². The monoisotopic (exact) mass is 302 g/mol. The Morgan fingerprint density at radius 3 is 2.80 bits per heavy atom. The zero-order valence-electron chi connectivity index (χ0n) is 12.2. The van der Waals surface area contributed by atoms with E-state index >= 15 is 0 Å². The van der Waals surface area contributed by atoms with Gasteiger partial charge in [0.2, 0.25) is 0 Å². The fourth-order valence-corrected chi connectivity index (χ4v) is 2.37. The summed E-state index contributed by atoms with van der Waals surface area (Å²) in [6, 6.07) is 0. The van der Waals surface area contributed by atoms with Gasteiger partial charge in [-0.15, -0.1) is 10.2 Å². The average Bonchev–Trinajstić information content (AvgIpc) is 2.82. The van der Waals surface area contributed by atoms with Crippen molar-refractivity contribution in [2.24, 2.45) is 0 Å². The molecule has 1 rings (SSSR count). The zero-order chi connectivity index (χ0) is 15.0. The van der Waals surface area contributed by atoms with Crippen LogP contribution in [0.1, 0.15) is 12.7 Å². The molecule has 1 aromatic heterocycles. The highest BCUT2D eigenvalue weighted by Gasteiger charge is 2.13. The van der Waals surface area contributed by atoms with Crippen LogP contribution in [0.4, 0.5) is 0 Å². The maximum atomic E-state index is 10.6. The van der Waals surface area contributed by atoms with Gasteiger partial charge in [-0.25, -0.2) is 0 Å². The van der Waals surface area contributed by atoms with E-state index in [0.717, 1.165) is 31.9 Å². The van der Waals surface area contributed by atoms with Crippen molar-refractivity contribution >= 4 is 17.7 Å². The maximum Gasteiger partial charge on any atom is 0.313 e. The molecule has 1 aromatic rings. The van der Waals surface area contributed by atoms with Crippen molar-refractivity contribution in [3.63, 3.8) is 0 Å². The van der Waals surface area contributed by atoms with Gasteiger partial charge in [0, 0.05) is 33.2 Å². The molecule has 0 amide bonds. The normalized spacial score (nSPS) is 11.2. The van der Waals surface area contributed by atoms with Crippen molar-refractivity contribution in [1.82, 2.24) is 19.7 Å². The summed E-state index contributed by atoms with van der Waals surface area (Å²) < 4.78 is 7.04. The van der Waals surface area contributed by atoms with E-state index in [1.165, 1.54) is 11.8 Å². The molecule has 1 N–H and O–H groups in total. The van der Waals surface area contributed by atoms with E-state index in [1.807, 2.05) is 18.5 Å². The predicted octanol–water partition coefficient (Wildman–Crippen LogP) is 0.595. The number of rotatable bonds is 10. The van der Waals surface area contributed by atoms with Crippen LogP contribution in [-0.4, -0.2) is 70.3 Å². The summed E-state index contributed by atoms with van der Waals surface area (Å²) in [6.45, 7) is 5.16. The SMILES string of the molecule is CCc1nnc(SCC(=O)O)n1CCN(C)CCOC. The first-order valence-corrected chi connectivity index (χ1v) is 7.51. The lowest BCUT2D eigenvalue weighted by Gasteiger charge is -2.17. The quantitative estimate of drug-likeness (QED) is 0.634. The molecule has 114 valence electrons. The number of aromatic nitrogens is 3. The molecule has 0 saturated carbocycles. The predicted molar refractivity (Wildman–Crippen MR) is 77.1 cm³/mol. The van der Waals surface area contributed by atoms with E-state index in [0.29, 0.717) is 11.8 Å². The Bertz CT molecular complexity index is 425. The number of hydrogen-bond acceptors (Lipinski definition) is 6. The smallest absolute Gasteiger partial charge is 0.313 e. The van der Waals surface area contributed by atoms with Gasteiger partial charge in [0.15, 0.2) is 5.16 Å². The number of carboxylic acid groups (broad SMARTS) is 1. The minimum atomic E-state index is -0.847. The van der Waals surface area contributed by atoms with Gasteiger partial charge in [-0.1, -0.05) is 18.7 Å². The molecule has 8 heteroatoms. The molecule has 0 spiro atoms. The molecule has 0 fully saturated rings. The number of hydrogen-bond donors (Lipinski definition) is 1. The Hall–Kier alpha value is -1.12. The Kier molecular flexibility index (Phi) is 7.56. The van der Waals surface area contributed by atoms with Crippen molar-refractivity contribution in [3.05, 3.63) is 5.82 Å². The summed E-state index contributed by atoms with van der Waals surface area (Å²) in [5.74, 6) is 0.0410. The van der Waals surface area contributed by atoms with Crippen LogP contribution in [0.3, 0.4) is 0 Å². The summed E-state index contributed by atoms with van der Waals surface area (Å²) >= 11 is 1.21. The topological polar surface area (TPSA) is 80.5 Å². The number of carboxylic acids is 1. The Labute approximate surface area is 123 Å². The van der Waals surface area contributed by atoms with Gasteiger partial charge in [0.1, 0.15) is 5.82 Å². The minimum Gasteiger partial charge on any atom is -0.481 e. The fraction of sp³-hybridized carbons (Fsp3) is 0.750. The molecule has 0 aliphatic rings. The number of aryl methyl sites for hydroxylation is 1.